The number of benzene rings is 1. The van der Waals surface area contributed by atoms with Crippen LogP contribution >= 0.6 is 11.8 Å². The van der Waals surface area contributed by atoms with Gasteiger partial charge in [0.05, 0.1) is 34.7 Å². The van der Waals surface area contributed by atoms with Crippen LogP contribution in [0.1, 0.15) is 50.9 Å². The van der Waals surface area contributed by atoms with E-state index < -0.39 is 40.8 Å². The van der Waals surface area contributed by atoms with Crippen LogP contribution < -0.4 is 16.8 Å². The summed E-state index contributed by atoms with van der Waals surface area (Å²) in [6.07, 6.45) is 0.0102. The third-order valence-corrected chi connectivity index (χ3v) is 10.7. The van der Waals surface area contributed by atoms with Gasteiger partial charge in [-0.15, -0.1) is 11.8 Å². The van der Waals surface area contributed by atoms with Crippen LogP contribution in [-0.2, 0) is 23.9 Å². The van der Waals surface area contributed by atoms with Crippen molar-refractivity contribution in [2.75, 3.05) is 26.7 Å². The van der Waals surface area contributed by atoms with Crippen molar-refractivity contribution in [3.05, 3.63) is 50.5 Å². The van der Waals surface area contributed by atoms with E-state index in [2.05, 4.69) is 10.3 Å². The molecule has 5 rings (SSSR count). The highest BCUT2D eigenvalue weighted by molar-refractivity contribution is 8.03. The lowest BCUT2D eigenvalue weighted by molar-refractivity contribution is -0.384. The topological polar surface area (TPSA) is 244 Å². The summed E-state index contributed by atoms with van der Waals surface area (Å²) >= 11 is 1.39. The number of esters is 2. The Hall–Kier alpha value is -4.55. The molecule has 3 fully saturated rings. The SMILES string of the molecule is C.C[C@@H](O)[C@H]1C(=O)N2C(C(=O)OC(=O)c3ccc([N+](=O)[O-])cc3)=C(S[C@H]3CC(N4CC[C@H](NC(=O)CN=C(N)N)CC4=O)N(C)C3)[C@H](C)[C@H]12. The molecule has 1 aromatic rings. The Balaban J connectivity index is 0.00000541. The highest BCUT2D eigenvalue weighted by Gasteiger charge is 2.60. The first-order valence-corrected chi connectivity index (χ1v) is 16.3. The number of guanidine groups is 1. The van der Waals surface area contributed by atoms with Crippen LogP contribution in [-0.4, -0.2) is 117 Å². The predicted molar refractivity (Wildman–Crippen MR) is 178 cm³/mol. The normalized spacial score (nSPS) is 27.1. The smallest absolute Gasteiger partial charge is 0.363 e. The van der Waals surface area contributed by atoms with Crippen molar-refractivity contribution in [3.8, 4) is 0 Å². The lowest BCUT2D eigenvalue weighted by atomic mass is 9.79. The maximum absolute atomic E-state index is 13.6. The molecular formula is C31H42N8O9S. The number of aliphatic hydroxyl groups is 1. The summed E-state index contributed by atoms with van der Waals surface area (Å²) in [5.74, 6) is -4.30. The van der Waals surface area contributed by atoms with Crippen LogP contribution in [0.4, 0.5) is 5.69 Å². The van der Waals surface area contributed by atoms with Gasteiger partial charge >= 0.3 is 11.9 Å². The second kappa shape index (κ2) is 14.9. The number of thioether (sulfide) groups is 1. The number of rotatable bonds is 10. The number of nitrogens with one attached hydrogen (secondary N) is 1. The van der Waals surface area contributed by atoms with Crippen LogP contribution in [0.5, 0.6) is 0 Å². The number of hydrogen-bond acceptors (Lipinski definition) is 12. The maximum Gasteiger partial charge on any atom is 0.363 e. The first kappa shape index (κ1) is 37.3. The van der Waals surface area contributed by atoms with E-state index in [0.29, 0.717) is 30.8 Å². The maximum atomic E-state index is 13.6. The summed E-state index contributed by atoms with van der Waals surface area (Å²) in [6.45, 7) is 4.11. The zero-order valence-corrected chi connectivity index (χ0v) is 27.4. The highest BCUT2D eigenvalue weighted by Crippen LogP contribution is 2.52. The second-order valence-corrected chi connectivity index (χ2v) is 13.8. The number of carbonyl (C=O) groups is 5. The third-order valence-electron chi connectivity index (χ3n) is 9.16. The Morgan fingerprint density at radius 2 is 1.88 bits per heavy atom. The number of amides is 3. The van der Waals surface area contributed by atoms with Gasteiger partial charge in [-0.25, -0.2) is 14.6 Å². The van der Waals surface area contributed by atoms with Gasteiger partial charge in [0.25, 0.3) is 5.69 Å². The number of aliphatic hydroxyl groups excluding tert-OH is 1. The molecule has 4 heterocycles. The number of hydrogen-bond donors (Lipinski definition) is 4. The van der Waals surface area contributed by atoms with Crippen molar-refractivity contribution in [2.45, 2.75) is 70.1 Å². The van der Waals surface area contributed by atoms with Crippen molar-refractivity contribution in [1.29, 1.82) is 0 Å². The van der Waals surface area contributed by atoms with Crippen LogP contribution in [0.3, 0.4) is 0 Å². The van der Waals surface area contributed by atoms with Crippen molar-refractivity contribution < 1.29 is 38.7 Å². The average molecular weight is 703 g/mol. The lowest BCUT2D eigenvalue weighted by Crippen LogP contribution is -2.63. The number of nitrogens with zero attached hydrogens (tertiary/aromatic N) is 5. The minimum atomic E-state index is -1.03. The number of ether oxygens (including phenoxy) is 1. The highest BCUT2D eigenvalue weighted by atomic mass is 32.2. The van der Waals surface area contributed by atoms with E-state index in [0.717, 1.165) is 12.1 Å². The molecule has 17 nitrogen and oxygen atoms in total. The molecule has 266 valence electrons. The van der Waals surface area contributed by atoms with E-state index in [4.69, 9.17) is 16.2 Å². The number of aliphatic imine (C=N–C) groups is 1. The summed E-state index contributed by atoms with van der Waals surface area (Å²) in [5, 5.41) is 24.0. The molecule has 49 heavy (non-hydrogen) atoms. The summed E-state index contributed by atoms with van der Waals surface area (Å²) in [7, 11) is 1.90. The molecular weight excluding hydrogens is 660 g/mol. The van der Waals surface area contributed by atoms with Crippen LogP contribution in [0.25, 0.3) is 0 Å². The summed E-state index contributed by atoms with van der Waals surface area (Å²) in [6, 6.07) is 3.74. The number of nitro benzene ring substituents is 1. The van der Waals surface area contributed by atoms with Gasteiger partial charge in [0.2, 0.25) is 17.7 Å². The molecule has 7 atom stereocenters. The molecule has 4 aliphatic rings. The largest absolute Gasteiger partial charge is 0.393 e. The van der Waals surface area contributed by atoms with E-state index >= 15 is 0 Å². The lowest BCUT2D eigenvalue weighted by Gasteiger charge is -2.46. The number of β-lactam (4-membered cyclic amide) rings is 1. The molecule has 4 aliphatic heterocycles. The van der Waals surface area contributed by atoms with Crippen molar-refractivity contribution >= 4 is 53.1 Å². The van der Waals surface area contributed by atoms with E-state index in [1.165, 1.54) is 35.7 Å². The molecule has 18 heteroatoms. The zero-order chi connectivity index (χ0) is 35.0. The van der Waals surface area contributed by atoms with E-state index in [9.17, 15) is 39.2 Å². The van der Waals surface area contributed by atoms with Gasteiger partial charge in [-0.05, 0) is 38.9 Å². The molecule has 1 aromatic carbocycles. The Labute approximate surface area is 287 Å². The van der Waals surface area contributed by atoms with Gasteiger partial charge in [0, 0.05) is 53.8 Å². The van der Waals surface area contributed by atoms with Crippen LogP contribution in [0.15, 0.2) is 39.9 Å². The molecule has 0 radical (unpaired) electrons. The van der Waals surface area contributed by atoms with E-state index in [1.54, 1.807) is 4.90 Å². The number of likely N-dealkylation sites (tertiary alicyclic amines) is 2. The van der Waals surface area contributed by atoms with Crippen LogP contribution in [0, 0.1) is 22.0 Å². The quantitative estimate of drug-likeness (QED) is 0.0482. The van der Waals surface area contributed by atoms with Gasteiger partial charge in [-0.1, -0.05) is 14.4 Å². The second-order valence-electron chi connectivity index (χ2n) is 12.4. The molecule has 0 saturated carbocycles. The molecule has 0 spiro atoms. The molecule has 3 saturated heterocycles. The Morgan fingerprint density at radius 1 is 1.20 bits per heavy atom. The van der Waals surface area contributed by atoms with Gasteiger partial charge < -0.3 is 36.4 Å². The molecule has 1 unspecified atom stereocenters. The average Bonchev–Trinajstić information content (AvgIpc) is 3.49. The molecule has 0 aliphatic carbocycles. The fourth-order valence-corrected chi connectivity index (χ4v) is 8.45. The van der Waals surface area contributed by atoms with Crippen LogP contribution in [0.2, 0.25) is 0 Å². The first-order valence-electron chi connectivity index (χ1n) is 15.4. The predicted octanol–water partition coefficient (Wildman–Crippen LogP) is 0.127. The van der Waals surface area contributed by atoms with Gasteiger partial charge in [-0.2, -0.15) is 0 Å². The summed E-state index contributed by atoms with van der Waals surface area (Å²) < 4.78 is 5.19. The fraction of sp³-hybridized carbons (Fsp3) is 0.548. The zero-order valence-electron chi connectivity index (χ0n) is 26.6. The van der Waals surface area contributed by atoms with Crippen molar-refractivity contribution in [3.63, 3.8) is 0 Å². The number of carbonyl (C=O) groups excluding carboxylic acids is 5. The van der Waals surface area contributed by atoms with Gasteiger partial charge in [0.15, 0.2) is 5.96 Å². The number of nitrogens with two attached hydrogens (primary N) is 2. The Bertz CT molecular complexity index is 1580. The number of non-ortho nitro benzene ring substituents is 1. The molecule has 0 aromatic heterocycles. The monoisotopic (exact) mass is 702 g/mol. The standard InChI is InChI=1S/C30H38N8O9S.CH4/c1-14-24-23(15(2)39)27(42)37(24)25(29(44)47-28(43)16-4-6-18(7-5-16)38(45)46)26(14)48-19-11-21(35(3)13-19)36-9-8-17(10-22(36)41)34-20(40)12-33-30(31)32;/h4-7,14-15,17,19,21,23-24,39H,8-13H2,1-3H3,(H,34,40)(H4,31,32,33);1H4/t14-,15-,17+,19+,21?,23-,24-;/m1./s1. The summed E-state index contributed by atoms with van der Waals surface area (Å²) in [5.41, 5.74) is 10.2. The Kier molecular flexibility index (Phi) is 11.3. The number of fused-ring (bicyclic) bond motifs is 1. The number of nitro groups is 1. The minimum absolute atomic E-state index is 0. The van der Waals surface area contributed by atoms with E-state index in [1.807, 2.05) is 18.9 Å². The first-order chi connectivity index (χ1) is 22.7. The molecule has 0 bridgehead atoms. The third kappa shape index (κ3) is 7.55. The molecule has 3 amide bonds. The Morgan fingerprint density at radius 3 is 2.47 bits per heavy atom. The molecule has 6 N–H and O–H groups in total. The summed E-state index contributed by atoms with van der Waals surface area (Å²) in [4.78, 5) is 84.6. The van der Waals surface area contributed by atoms with Gasteiger partial charge in [-0.3, -0.25) is 29.4 Å². The fourth-order valence-electron chi connectivity index (χ4n) is 6.87. The number of piperidine rings is 1. The van der Waals surface area contributed by atoms with Crippen molar-refractivity contribution in [2.24, 2.45) is 28.3 Å². The van der Waals surface area contributed by atoms with E-state index in [-0.39, 0.29) is 78.5 Å². The van der Waals surface area contributed by atoms with Gasteiger partial charge in [0.1, 0.15) is 12.2 Å². The minimum Gasteiger partial charge on any atom is -0.393 e. The van der Waals surface area contributed by atoms with Crippen molar-refractivity contribution in [1.82, 2.24) is 20.0 Å².